The van der Waals surface area contributed by atoms with Gasteiger partial charge in [0.15, 0.2) is 16.6 Å². The molecule has 1 aromatic rings. The second kappa shape index (κ2) is 8.96. The van der Waals surface area contributed by atoms with E-state index in [1.807, 2.05) is 12.1 Å². The van der Waals surface area contributed by atoms with Crippen LogP contribution in [0.25, 0.3) is 0 Å². The zero-order chi connectivity index (χ0) is 15.0. The summed E-state index contributed by atoms with van der Waals surface area (Å²) in [4.78, 5) is 0. The van der Waals surface area contributed by atoms with Gasteiger partial charge in [-0.05, 0) is 58.9 Å². The Morgan fingerprint density at radius 1 is 1.55 bits per heavy atom. The maximum absolute atomic E-state index is 5.76. The van der Waals surface area contributed by atoms with Crippen LogP contribution in [0.4, 0.5) is 0 Å². The average molecular weight is 407 g/mol. The van der Waals surface area contributed by atoms with Crippen molar-refractivity contribution >= 4 is 46.1 Å². The van der Waals surface area contributed by atoms with Gasteiger partial charge in [0.25, 0.3) is 0 Å². The summed E-state index contributed by atoms with van der Waals surface area (Å²) in [6.07, 6.45) is 3.73. The zero-order valence-corrected chi connectivity index (χ0v) is 14.5. The van der Waals surface area contributed by atoms with Gasteiger partial charge in [-0.2, -0.15) is 5.10 Å². The molecule has 0 atom stereocenters. The maximum atomic E-state index is 5.76. The van der Waals surface area contributed by atoms with E-state index in [9.17, 15) is 0 Å². The van der Waals surface area contributed by atoms with Crippen molar-refractivity contribution in [3.63, 3.8) is 0 Å². The highest BCUT2D eigenvalue weighted by atomic mass is 127. The van der Waals surface area contributed by atoms with E-state index in [1.54, 1.807) is 13.3 Å². The van der Waals surface area contributed by atoms with Gasteiger partial charge in [0.2, 0.25) is 0 Å². The molecule has 20 heavy (non-hydrogen) atoms. The molecular formula is C13H18IN3O2S. The number of hydrogen-bond donors (Lipinski definition) is 2. The van der Waals surface area contributed by atoms with E-state index in [4.69, 9.17) is 15.2 Å². The largest absolute Gasteiger partial charge is 0.493 e. The molecule has 0 saturated heterocycles. The molecule has 110 valence electrons. The first-order valence-electron chi connectivity index (χ1n) is 6.17. The Morgan fingerprint density at radius 3 is 2.90 bits per heavy atom. The second-order valence-electron chi connectivity index (χ2n) is 3.97. The van der Waals surface area contributed by atoms with Gasteiger partial charge >= 0.3 is 0 Å². The Hall–Kier alpha value is -1.09. The summed E-state index contributed by atoms with van der Waals surface area (Å²) in [5, 5.41) is 4.05. The summed E-state index contributed by atoms with van der Waals surface area (Å²) in [7, 11) is 1.62. The third-order valence-electron chi connectivity index (χ3n) is 2.38. The first-order valence-corrected chi connectivity index (χ1v) is 7.66. The van der Waals surface area contributed by atoms with Gasteiger partial charge < -0.3 is 15.2 Å². The van der Waals surface area contributed by atoms with Crippen LogP contribution in [0, 0.1) is 3.57 Å². The van der Waals surface area contributed by atoms with Crippen molar-refractivity contribution < 1.29 is 9.47 Å². The fourth-order valence-electron chi connectivity index (χ4n) is 1.44. The van der Waals surface area contributed by atoms with Crippen LogP contribution in [0.5, 0.6) is 11.5 Å². The van der Waals surface area contributed by atoms with Crippen molar-refractivity contribution in [1.29, 1.82) is 0 Å². The van der Waals surface area contributed by atoms with Crippen LogP contribution in [0.3, 0.4) is 0 Å². The summed E-state index contributed by atoms with van der Waals surface area (Å²) < 4.78 is 12.1. The van der Waals surface area contributed by atoms with E-state index < -0.39 is 0 Å². The number of benzene rings is 1. The molecule has 0 unspecified atom stereocenters. The quantitative estimate of drug-likeness (QED) is 0.239. The lowest BCUT2D eigenvalue weighted by atomic mass is 10.2. The average Bonchev–Trinajstić information content (AvgIpc) is 2.40. The minimum absolute atomic E-state index is 0.127. The van der Waals surface area contributed by atoms with Gasteiger partial charge in [-0.3, -0.25) is 5.43 Å². The number of halogens is 1. The number of nitrogens with one attached hydrogen (secondary N) is 1. The van der Waals surface area contributed by atoms with Crippen LogP contribution in [0.1, 0.15) is 25.3 Å². The predicted molar refractivity (Wildman–Crippen MR) is 93.6 cm³/mol. The molecule has 0 radical (unpaired) electrons. The highest BCUT2D eigenvalue weighted by molar-refractivity contribution is 14.1. The van der Waals surface area contributed by atoms with Gasteiger partial charge in [-0.15, -0.1) is 0 Å². The predicted octanol–water partition coefficient (Wildman–Crippen LogP) is 2.65. The fourth-order valence-corrected chi connectivity index (χ4v) is 2.28. The van der Waals surface area contributed by atoms with Gasteiger partial charge in [-0.1, -0.05) is 13.3 Å². The summed E-state index contributed by atoms with van der Waals surface area (Å²) in [6, 6.07) is 3.81. The van der Waals surface area contributed by atoms with E-state index in [-0.39, 0.29) is 5.11 Å². The first kappa shape index (κ1) is 17.0. The van der Waals surface area contributed by atoms with Crippen LogP contribution in [-0.4, -0.2) is 25.0 Å². The minimum atomic E-state index is 0.127. The molecule has 0 aromatic heterocycles. The van der Waals surface area contributed by atoms with Gasteiger partial charge in [0, 0.05) is 0 Å². The number of rotatable bonds is 7. The molecule has 0 aliphatic rings. The lowest BCUT2D eigenvalue weighted by Crippen LogP contribution is -2.24. The topological polar surface area (TPSA) is 68.9 Å². The fraction of sp³-hybridized carbons (Fsp3) is 0.385. The van der Waals surface area contributed by atoms with E-state index in [0.717, 1.165) is 27.7 Å². The van der Waals surface area contributed by atoms with Crippen molar-refractivity contribution in [1.82, 2.24) is 5.43 Å². The van der Waals surface area contributed by atoms with E-state index in [0.29, 0.717) is 12.4 Å². The monoisotopic (exact) mass is 407 g/mol. The van der Waals surface area contributed by atoms with Crippen molar-refractivity contribution in [3.05, 3.63) is 21.3 Å². The molecule has 0 fully saturated rings. The molecule has 3 N–H and O–H groups in total. The maximum Gasteiger partial charge on any atom is 0.184 e. The van der Waals surface area contributed by atoms with Crippen LogP contribution in [-0.2, 0) is 0 Å². The van der Waals surface area contributed by atoms with Crippen molar-refractivity contribution in [2.45, 2.75) is 19.8 Å². The Bertz CT molecular complexity index is 495. The molecule has 1 aromatic carbocycles. The molecule has 0 spiro atoms. The Balaban J connectivity index is 2.88. The number of thiocarbonyl (C=S) groups is 1. The van der Waals surface area contributed by atoms with Crippen molar-refractivity contribution in [2.75, 3.05) is 13.7 Å². The third kappa shape index (κ3) is 5.49. The van der Waals surface area contributed by atoms with E-state index in [1.165, 1.54) is 0 Å². The zero-order valence-electron chi connectivity index (χ0n) is 11.5. The first-order chi connectivity index (χ1) is 9.58. The molecule has 0 saturated carbocycles. The molecule has 5 nitrogen and oxygen atoms in total. The minimum Gasteiger partial charge on any atom is -0.493 e. The van der Waals surface area contributed by atoms with Crippen molar-refractivity contribution in [3.8, 4) is 11.5 Å². The molecular weight excluding hydrogens is 389 g/mol. The molecule has 0 aliphatic carbocycles. The number of unbranched alkanes of at least 4 members (excludes halogenated alkanes) is 1. The number of hydrazone groups is 1. The third-order valence-corrected chi connectivity index (χ3v) is 3.28. The standard InChI is InChI=1S/C13H18IN3O2S/c1-3-4-5-19-12-10(14)6-9(7-11(12)18-2)8-16-17-13(15)20/h6-8H,3-5H2,1-2H3,(H3,15,17,20). The Labute approximate surface area is 138 Å². The molecule has 7 heteroatoms. The van der Waals surface area contributed by atoms with Crippen LogP contribution >= 0.6 is 34.8 Å². The normalized spacial score (nSPS) is 10.6. The van der Waals surface area contributed by atoms with Crippen LogP contribution in [0.2, 0.25) is 0 Å². The molecule has 0 amide bonds. The summed E-state index contributed by atoms with van der Waals surface area (Å²) in [5.41, 5.74) is 8.68. The van der Waals surface area contributed by atoms with E-state index in [2.05, 4.69) is 52.3 Å². The van der Waals surface area contributed by atoms with Crippen molar-refractivity contribution in [2.24, 2.45) is 10.8 Å². The highest BCUT2D eigenvalue weighted by Gasteiger charge is 2.10. The van der Waals surface area contributed by atoms with Crippen LogP contribution in [0.15, 0.2) is 17.2 Å². The number of ether oxygens (including phenoxy) is 2. The Kier molecular flexibility index (Phi) is 7.60. The van der Waals surface area contributed by atoms with Gasteiger partial charge in [0.1, 0.15) is 0 Å². The van der Waals surface area contributed by atoms with Gasteiger partial charge in [0.05, 0.1) is 23.5 Å². The Morgan fingerprint density at radius 2 is 2.30 bits per heavy atom. The summed E-state index contributed by atoms with van der Waals surface area (Å²) >= 11 is 6.89. The number of hydrogen-bond acceptors (Lipinski definition) is 4. The molecule has 0 aliphatic heterocycles. The molecule has 0 heterocycles. The molecule has 1 rings (SSSR count). The van der Waals surface area contributed by atoms with Crippen LogP contribution < -0.4 is 20.6 Å². The SMILES string of the molecule is CCCCOc1c(I)cc(C=NNC(N)=S)cc1OC. The molecule has 0 bridgehead atoms. The van der Waals surface area contributed by atoms with Gasteiger partial charge in [-0.25, -0.2) is 0 Å². The lowest BCUT2D eigenvalue weighted by molar-refractivity contribution is 0.286. The lowest BCUT2D eigenvalue weighted by Gasteiger charge is -2.13. The number of methoxy groups -OCH3 is 1. The smallest absolute Gasteiger partial charge is 0.184 e. The summed E-state index contributed by atoms with van der Waals surface area (Å²) in [5.74, 6) is 1.45. The number of nitrogens with zero attached hydrogens (tertiary/aromatic N) is 1. The van der Waals surface area contributed by atoms with E-state index >= 15 is 0 Å². The second-order valence-corrected chi connectivity index (χ2v) is 5.57. The highest BCUT2D eigenvalue weighted by Crippen LogP contribution is 2.33. The summed E-state index contributed by atoms with van der Waals surface area (Å²) in [6.45, 7) is 2.80. The number of nitrogens with two attached hydrogens (primary N) is 1.